The molecule has 5 nitrogen and oxygen atoms in total. The highest BCUT2D eigenvalue weighted by atomic mass is 16.5. The molecule has 0 aromatic rings. The van der Waals surface area contributed by atoms with Crippen LogP contribution in [-0.4, -0.2) is 44.4 Å². The molecule has 0 bridgehead atoms. The average molecular weight is 230 g/mol. The van der Waals surface area contributed by atoms with Gasteiger partial charge in [-0.15, -0.1) is 0 Å². The summed E-state index contributed by atoms with van der Waals surface area (Å²) >= 11 is 0. The molecule has 0 aliphatic carbocycles. The molecule has 5 heteroatoms. The Kier molecular flexibility index (Phi) is 6.37. The van der Waals surface area contributed by atoms with Crippen LogP contribution in [0.5, 0.6) is 0 Å². The number of hydrogen-bond acceptors (Lipinski definition) is 4. The summed E-state index contributed by atoms with van der Waals surface area (Å²) in [6.45, 7) is 4.49. The minimum absolute atomic E-state index is 0.0456. The molecule has 3 N–H and O–H groups in total. The van der Waals surface area contributed by atoms with Crippen LogP contribution in [0.3, 0.4) is 0 Å². The first-order valence-electron chi connectivity index (χ1n) is 5.91. The van der Waals surface area contributed by atoms with Crippen molar-refractivity contribution < 1.29 is 14.3 Å². The summed E-state index contributed by atoms with van der Waals surface area (Å²) in [5.41, 5.74) is 5.33. The van der Waals surface area contributed by atoms with Gasteiger partial charge in [0.05, 0.1) is 19.3 Å². The predicted molar refractivity (Wildman–Crippen MR) is 61.1 cm³/mol. The number of rotatable bonds is 7. The van der Waals surface area contributed by atoms with Gasteiger partial charge in [0, 0.05) is 19.1 Å². The van der Waals surface area contributed by atoms with Gasteiger partial charge in [-0.1, -0.05) is 0 Å². The first kappa shape index (κ1) is 13.4. The van der Waals surface area contributed by atoms with Crippen LogP contribution in [0, 0.1) is 0 Å². The lowest BCUT2D eigenvalue weighted by molar-refractivity contribution is -0.122. The molecule has 1 aliphatic rings. The second-order valence-corrected chi connectivity index (χ2v) is 4.18. The molecule has 94 valence electrons. The van der Waals surface area contributed by atoms with Crippen molar-refractivity contribution in [3.63, 3.8) is 0 Å². The second kappa shape index (κ2) is 7.60. The monoisotopic (exact) mass is 230 g/mol. The normalized spacial score (nSPS) is 22.0. The Morgan fingerprint density at radius 2 is 2.50 bits per heavy atom. The Morgan fingerprint density at radius 3 is 3.12 bits per heavy atom. The van der Waals surface area contributed by atoms with Crippen LogP contribution in [0.2, 0.25) is 0 Å². The molecular formula is C11H22N2O3. The molecule has 0 saturated carbocycles. The minimum Gasteiger partial charge on any atom is -0.379 e. The Bertz CT molecular complexity index is 205. The molecule has 0 aromatic carbocycles. The van der Waals surface area contributed by atoms with Gasteiger partial charge in [-0.2, -0.15) is 0 Å². The highest BCUT2D eigenvalue weighted by molar-refractivity contribution is 5.76. The number of amides is 1. The third-order valence-corrected chi connectivity index (χ3v) is 2.49. The van der Waals surface area contributed by atoms with Gasteiger partial charge < -0.3 is 20.5 Å². The lowest BCUT2D eigenvalue weighted by Gasteiger charge is -2.16. The summed E-state index contributed by atoms with van der Waals surface area (Å²) < 4.78 is 10.8. The SMILES string of the molecule is CC(COC1CCOC1)NC(=O)CCCN. The molecule has 16 heavy (non-hydrogen) atoms. The molecule has 0 spiro atoms. The van der Waals surface area contributed by atoms with E-state index in [9.17, 15) is 4.79 Å². The summed E-state index contributed by atoms with van der Waals surface area (Å²) in [6, 6.07) is 0.0471. The molecule has 1 fully saturated rings. The van der Waals surface area contributed by atoms with Crippen molar-refractivity contribution in [3.05, 3.63) is 0 Å². The van der Waals surface area contributed by atoms with Crippen LogP contribution in [0.15, 0.2) is 0 Å². The van der Waals surface area contributed by atoms with Crippen molar-refractivity contribution in [2.45, 2.75) is 38.3 Å². The van der Waals surface area contributed by atoms with Crippen molar-refractivity contribution >= 4 is 5.91 Å². The third-order valence-electron chi connectivity index (χ3n) is 2.49. The molecule has 2 atom stereocenters. The topological polar surface area (TPSA) is 73.6 Å². The largest absolute Gasteiger partial charge is 0.379 e. The van der Waals surface area contributed by atoms with Crippen LogP contribution in [-0.2, 0) is 14.3 Å². The number of carbonyl (C=O) groups is 1. The Hall–Kier alpha value is -0.650. The number of hydrogen-bond donors (Lipinski definition) is 2. The number of nitrogens with one attached hydrogen (secondary N) is 1. The minimum atomic E-state index is 0.0456. The summed E-state index contributed by atoms with van der Waals surface area (Å²) in [7, 11) is 0. The van der Waals surface area contributed by atoms with Crippen molar-refractivity contribution in [2.75, 3.05) is 26.4 Å². The van der Waals surface area contributed by atoms with Crippen molar-refractivity contribution in [3.8, 4) is 0 Å². The van der Waals surface area contributed by atoms with E-state index in [1.807, 2.05) is 6.92 Å². The van der Waals surface area contributed by atoms with E-state index >= 15 is 0 Å². The number of ether oxygens (including phenoxy) is 2. The smallest absolute Gasteiger partial charge is 0.220 e. The maximum Gasteiger partial charge on any atom is 0.220 e. The summed E-state index contributed by atoms with van der Waals surface area (Å²) in [5.74, 6) is 0.0456. The number of nitrogens with two attached hydrogens (primary N) is 1. The van der Waals surface area contributed by atoms with Crippen LogP contribution in [0.1, 0.15) is 26.2 Å². The van der Waals surface area contributed by atoms with Gasteiger partial charge in [-0.3, -0.25) is 4.79 Å². The maximum absolute atomic E-state index is 11.4. The zero-order valence-corrected chi connectivity index (χ0v) is 9.91. The summed E-state index contributed by atoms with van der Waals surface area (Å²) in [5, 5.41) is 2.88. The third kappa shape index (κ3) is 5.44. The van der Waals surface area contributed by atoms with E-state index in [-0.39, 0.29) is 18.1 Å². The molecule has 1 heterocycles. The predicted octanol–water partition coefficient (Wildman–Crippen LogP) is 0.0355. The zero-order valence-electron chi connectivity index (χ0n) is 9.91. The van der Waals surface area contributed by atoms with E-state index in [0.717, 1.165) is 19.4 Å². The van der Waals surface area contributed by atoms with Gasteiger partial charge in [0.2, 0.25) is 5.91 Å². The first-order valence-corrected chi connectivity index (χ1v) is 5.91. The second-order valence-electron chi connectivity index (χ2n) is 4.18. The first-order chi connectivity index (χ1) is 7.72. The van der Waals surface area contributed by atoms with E-state index in [0.29, 0.717) is 26.2 Å². The van der Waals surface area contributed by atoms with Gasteiger partial charge in [0.1, 0.15) is 0 Å². The van der Waals surface area contributed by atoms with E-state index in [1.165, 1.54) is 0 Å². The lowest BCUT2D eigenvalue weighted by Crippen LogP contribution is -2.37. The van der Waals surface area contributed by atoms with Gasteiger partial charge >= 0.3 is 0 Å². The fourth-order valence-corrected chi connectivity index (χ4v) is 1.58. The van der Waals surface area contributed by atoms with E-state index in [1.54, 1.807) is 0 Å². The quantitative estimate of drug-likeness (QED) is 0.647. The van der Waals surface area contributed by atoms with Crippen molar-refractivity contribution in [2.24, 2.45) is 5.73 Å². The molecule has 0 radical (unpaired) electrons. The van der Waals surface area contributed by atoms with Gasteiger partial charge in [-0.25, -0.2) is 0 Å². The molecule has 1 aliphatic heterocycles. The maximum atomic E-state index is 11.4. The van der Waals surface area contributed by atoms with Crippen molar-refractivity contribution in [1.29, 1.82) is 0 Å². The lowest BCUT2D eigenvalue weighted by atomic mass is 10.2. The average Bonchev–Trinajstić information content (AvgIpc) is 2.76. The van der Waals surface area contributed by atoms with E-state index in [2.05, 4.69) is 5.32 Å². The van der Waals surface area contributed by atoms with Crippen molar-refractivity contribution in [1.82, 2.24) is 5.32 Å². The number of carbonyl (C=O) groups excluding carboxylic acids is 1. The van der Waals surface area contributed by atoms with Crippen LogP contribution in [0.4, 0.5) is 0 Å². The molecule has 0 aromatic heterocycles. The van der Waals surface area contributed by atoms with Crippen LogP contribution < -0.4 is 11.1 Å². The van der Waals surface area contributed by atoms with Gasteiger partial charge in [0.15, 0.2) is 0 Å². The zero-order chi connectivity index (χ0) is 11.8. The fraction of sp³-hybridized carbons (Fsp3) is 0.909. The van der Waals surface area contributed by atoms with E-state index < -0.39 is 0 Å². The fourth-order valence-electron chi connectivity index (χ4n) is 1.58. The molecular weight excluding hydrogens is 208 g/mol. The summed E-state index contributed by atoms with van der Waals surface area (Å²) in [6.07, 6.45) is 2.38. The molecule has 1 amide bonds. The van der Waals surface area contributed by atoms with Gasteiger partial charge in [0.25, 0.3) is 0 Å². The highest BCUT2D eigenvalue weighted by Crippen LogP contribution is 2.08. The van der Waals surface area contributed by atoms with Crippen LogP contribution >= 0.6 is 0 Å². The Morgan fingerprint density at radius 1 is 1.69 bits per heavy atom. The molecule has 2 unspecified atom stereocenters. The molecule has 1 rings (SSSR count). The summed E-state index contributed by atoms with van der Waals surface area (Å²) in [4.78, 5) is 11.4. The Labute approximate surface area is 96.7 Å². The van der Waals surface area contributed by atoms with Crippen LogP contribution in [0.25, 0.3) is 0 Å². The van der Waals surface area contributed by atoms with Gasteiger partial charge in [-0.05, 0) is 26.3 Å². The highest BCUT2D eigenvalue weighted by Gasteiger charge is 2.17. The van der Waals surface area contributed by atoms with E-state index in [4.69, 9.17) is 15.2 Å². The Balaban J connectivity index is 2.05. The molecule has 1 saturated heterocycles. The standard InChI is InChI=1S/C11H22N2O3/c1-9(13-11(14)3-2-5-12)7-16-10-4-6-15-8-10/h9-10H,2-8,12H2,1H3,(H,13,14).